The molecule has 0 unspecified atom stereocenters. The fourth-order valence-electron chi connectivity index (χ4n) is 2.43. The van der Waals surface area contributed by atoms with Crippen molar-refractivity contribution in [3.8, 4) is 0 Å². The number of aromatic nitrogens is 4. The molecular weight excluding hydrogens is 282 g/mol. The molecule has 2 aromatic rings. The number of anilines is 1. The van der Waals surface area contributed by atoms with Gasteiger partial charge in [0.05, 0.1) is 19.5 Å². The minimum Gasteiger partial charge on any atom is -0.394 e. The minimum atomic E-state index is -1.17. The first kappa shape index (κ1) is 13.9. The first-order valence-corrected chi connectivity index (χ1v) is 6.34. The van der Waals surface area contributed by atoms with E-state index in [4.69, 9.17) is 15.6 Å². The summed E-state index contributed by atoms with van der Waals surface area (Å²) in [6.07, 6.45) is -2.55. The number of nitrogens with zero attached hydrogens (tertiary/aromatic N) is 3. The molecule has 2 aromatic heterocycles. The number of aromatic amines is 1. The number of hydrogen-bond acceptors (Lipinski definition) is 8. The number of fused-ring (bicyclic) bond motifs is 1. The lowest BCUT2D eigenvalue weighted by atomic mass is 10.1. The van der Waals surface area contributed by atoms with Crippen LogP contribution in [0.1, 0.15) is 0 Å². The molecule has 1 aliphatic rings. The largest absolute Gasteiger partial charge is 0.394 e. The highest BCUT2D eigenvalue weighted by Gasteiger charge is 2.42. The maximum atomic E-state index is 11.7. The van der Waals surface area contributed by atoms with Crippen molar-refractivity contribution in [3.05, 3.63) is 16.7 Å². The van der Waals surface area contributed by atoms with Gasteiger partial charge in [0.15, 0.2) is 11.2 Å². The molecule has 1 saturated heterocycles. The lowest BCUT2D eigenvalue weighted by Gasteiger charge is -2.15. The molecule has 3 rings (SSSR count). The van der Waals surface area contributed by atoms with E-state index in [9.17, 15) is 15.0 Å². The highest BCUT2D eigenvalue weighted by molar-refractivity contribution is 5.70. The number of nitrogens with one attached hydrogen (secondary N) is 1. The number of aliphatic hydroxyl groups excluding tert-OH is 3. The van der Waals surface area contributed by atoms with E-state index in [0.29, 0.717) is 0 Å². The summed E-state index contributed by atoms with van der Waals surface area (Å²) in [5.41, 5.74) is 5.41. The Balaban J connectivity index is 1.91. The third kappa shape index (κ3) is 2.27. The third-order valence-corrected chi connectivity index (χ3v) is 3.51. The van der Waals surface area contributed by atoms with Crippen LogP contribution >= 0.6 is 0 Å². The molecule has 0 aromatic carbocycles. The molecule has 0 bridgehead atoms. The van der Waals surface area contributed by atoms with Crippen molar-refractivity contribution in [2.24, 2.45) is 0 Å². The molecular formula is C11H15N5O5. The number of nitrogen functional groups attached to an aromatic ring is 1. The number of rotatable bonds is 3. The fourth-order valence-corrected chi connectivity index (χ4v) is 2.43. The van der Waals surface area contributed by atoms with Gasteiger partial charge in [-0.3, -0.25) is 9.78 Å². The van der Waals surface area contributed by atoms with Crippen LogP contribution in [0, 0.1) is 0 Å². The van der Waals surface area contributed by atoms with Gasteiger partial charge >= 0.3 is 0 Å². The van der Waals surface area contributed by atoms with Crippen molar-refractivity contribution < 1.29 is 20.1 Å². The van der Waals surface area contributed by atoms with Gasteiger partial charge in [-0.25, -0.2) is 4.98 Å². The standard InChI is InChI=1S/C11H15N5O5/c12-11-14-9-6(10(20)15-11)13-3-16(9)1-4-7(18)8(19)5(2-17)21-4/h3-5,7-8,17-19H,1-2H2,(H3,12,14,15,20)/t4-,5+,7+,8+/m0/s1. The smallest absolute Gasteiger partial charge is 0.280 e. The van der Waals surface area contributed by atoms with Crippen LogP contribution in [-0.2, 0) is 11.3 Å². The zero-order chi connectivity index (χ0) is 15.1. The zero-order valence-electron chi connectivity index (χ0n) is 10.9. The van der Waals surface area contributed by atoms with E-state index >= 15 is 0 Å². The second kappa shape index (κ2) is 5.07. The van der Waals surface area contributed by atoms with Crippen molar-refractivity contribution in [2.45, 2.75) is 31.0 Å². The zero-order valence-corrected chi connectivity index (χ0v) is 10.9. The van der Waals surface area contributed by atoms with Crippen molar-refractivity contribution in [3.63, 3.8) is 0 Å². The summed E-state index contributed by atoms with van der Waals surface area (Å²) >= 11 is 0. The molecule has 0 saturated carbocycles. The molecule has 1 aliphatic heterocycles. The van der Waals surface area contributed by atoms with Crippen molar-refractivity contribution in [1.82, 2.24) is 19.5 Å². The van der Waals surface area contributed by atoms with Gasteiger partial charge in [0, 0.05) is 0 Å². The topological polar surface area (TPSA) is 160 Å². The van der Waals surface area contributed by atoms with Gasteiger partial charge in [-0.1, -0.05) is 0 Å². The number of H-pyrrole nitrogens is 1. The average molecular weight is 297 g/mol. The Kier molecular flexibility index (Phi) is 3.37. The van der Waals surface area contributed by atoms with E-state index in [2.05, 4.69) is 15.0 Å². The molecule has 0 radical (unpaired) electrons. The van der Waals surface area contributed by atoms with Crippen LogP contribution in [0.25, 0.3) is 11.2 Å². The normalized spacial score (nSPS) is 29.3. The number of imidazole rings is 1. The molecule has 6 N–H and O–H groups in total. The van der Waals surface area contributed by atoms with Crippen LogP contribution in [0.2, 0.25) is 0 Å². The number of ether oxygens (including phenoxy) is 1. The molecule has 10 nitrogen and oxygen atoms in total. The lowest BCUT2D eigenvalue weighted by Crippen LogP contribution is -2.35. The molecule has 21 heavy (non-hydrogen) atoms. The summed E-state index contributed by atoms with van der Waals surface area (Å²) in [5, 5.41) is 28.7. The van der Waals surface area contributed by atoms with Crippen LogP contribution in [0.4, 0.5) is 5.95 Å². The molecule has 0 aliphatic carbocycles. The Morgan fingerprint density at radius 3 is 2.76 bits per heavy atom. The highest BCUT2D eigenvalue weighted by Crippen LogP contribution is 2.23. The van der Waals surface area contributed by atoms with Crippen LogP contribution < -0.4 is 11.3 Å². The van der Waals surface area contributed by atoms with Gasteiger partial charge in [0.25, 0.3) is 5.56 Å². The van der Waals surface area contributed by atoms with Gasteiger partial charge in [-0.2, -0.15) is 4.98 Å². The van der Waals surface area contributed by atoms with Gasteiger partial charge in [0.2, 0.25) is 5.95 Å². The Labute approximate surface area is 117 Å². The van der Waals surface area contributed by atoms with Crippen molar-refractivity contribution in [2.75, 3.05) is 12.3 Å². The van der Waals surface area contributed by atoms with E-state index in [-0.39, 0.29) is 23.7 Å². The summed E-state index contributed by atoms with van der Waals surface area (Å²) in [7, 11) is 0. The van der Waals surface area contributed by atoms with Crippen LogP contribution in [0.15, 0.2) is 11.1 Å². The Morgan fingerprint density at radius 1 is 1.38 bits per heavy atom. The third-order valence-electron chi connectivity index (χ3n) is 3.51. The number of hydrogen-bond donors (Lipinski definition) is 5. The predicted octanol–water partition coefficient (Wildman–Crippen LogP) is -2.82. The van der Waals surface area contributed by atoms with Crippen molar-refractivity contribution >= 4 is 17.1 Å². The molecule has 0 spiro atoms. The quantitative estimate of drug-likeness (QED) is 0.405. The molecule has 1 fully saturated rings. The summed E-state index contributed by atoms with van der Waals surface area (Å²) in [6.45, 7) is -0.286. The minimum absolute atomic E-state index is 0.0459. The van der Waals surface area contributed by atoms with Crippen LogP contribution in [0.5, 0.6) is 0 Å². The van der Waals surface area contributed by atoms with Crippen molar-refractivity contribution in [1.29, 1.82) is 0 Å². The monoisotopic (exact) mass is 297 g/mol. The second-order valence-corrected chi connectivity index (χ2v) is 4.90. The van der Waals surface area contributed by atoms with E-state index in [1.165, 1.54) is 10.9 Å². The summed E-state index contributed by atoms with van der Waals surface area (Å²) < 4.78 is 6.88. The van der Waals surface area contributed by atoms with Gasteiger partial charge in [0.1, 0.15) is 24.4 Å². The maximum Gasteiger partial charge on any atom is 0.280 e. The Morgan fingerprint density at radius 2 is 2.10 bits per heavy atom. The van der Waals surface area contributed by atoms with E-state index in [1.807, 2.05) is 0 Å². The summed E-state index contributed by atoms with van der Waals surface area (Å²) in [4.78, 5) is 21.9. The van der Waals surface area contributed by atoms with E-state index < -0.39 is 36.6 Å². The molecule has 0 amide bonds. The predicted molar refractivity (Wildman–Crippen MR) is 70.3 cm³/mol. The van der Waals surface area contributed by atoms with Crippen LogP contribution in [0.3, 0.4) is 0 Å². The van der Waals surface area contributed by atoms with E-state index in [1.54, 1.807) is 0 Å². The molecule has 114 valence electrons. The lowest BCUT2D eigenvalue weighted by molar-refractivity contribution is -0.0262. The highest BCUT2D eigenvalue weighted by atomic mass is 16.6. The summed E-state index contributed by atoms with van der Waals surface area (Å²) in [5.74, 6) is -0.0459. The van der Waals surface area contributed by atoms with Gasteiger partial charge in [-0.15, -0.1) is 0 Å². The fraction of sp³-hybridized carbons (Fsp3) is 0.545. The SMILES string of the molecule is Nc1nc2c(ncn2C[C@@H]2O[C@H](CO)[C@@H](O)[C@@H]2O)c(=O)[nH]1. The maximum absolute atomic E-state index is 11.7. The average Bonchev–Trinajstić information content (AvgIpc) is 2.96. The molecule has 3 heterocycles. The number of aliphatic hydroxyl groups is 3. The van der Waals surface area contributed by atoms with Gasteiger partial charge < -0.3 is 30.4 Å². The first-order chi connectivity index (χ1) is 10.0. The van der Waals surface area contributed by atoms with Crippen LogP contribution in [-0.4, -0.2) is 65.9 Å². The molecule has 4 atom stereocenters. The number of nitrogens with two attached hydrogens (primary N) is 1. The second-order valence-electron chi connectivity index (χ2n) is 4.90. The first-order valence-electron chi connectivity index (χ1n) is 6.34. The Hall–Kier alpha value is -2.01. The Bertz CT molecular complexity index is 713. The summed E-state index contributed by atoms with van der Waals surface area (Å²) in [6, 6.07) is 0. The van der Waals surface area contributed by atoms with Gasteiger partial charge in [-0.05, 0) is 0 Å². The van der Waals surface area contributed by atoms with E-state index in [0.717, 1.165) is 0 Å². The molecule has 10 heteroatoms.